The van der Waals surface area contributed by atoms with Crippen LogP contribution in [0.1, 0.15) is 28.5 Å². The molecule has 1 amide bonds. The summed E-state index contributed by atoms with van der Waals surface area (Å²) in [5.41, 5.74) is 2.60. The zero-order valence-corrected chi connectivity index (χ0v) is 16.4. The van der Waals surface area contributed by atoms with Gasteiger partial charge in [-0.2, -0.15) is 0 Å². The van der Waals surface area contributed by atoms with Crippen LogP contribution in [0.5, 0.6) is 0 Å². The Labute approximate surface area is 162 Å². The number of halogens is 1. The molecule has 0 aliphatic rings. The Kier molecular flexibility index (Phi) is 5.19. The maximum Gasteiger partial charge on any atom is 0.257 e. The maximum atomic E-state index is 12.7. The molecule has 0 fully saturated rings. The van der Waals surface area contributed by atoms with Gasteiger partial charge >= 0.3 is 0 Å². The number of nitrogens with zero attached hydrogens (tertiary/aromatic N) is 1. The normalized spacial score (nSPS) is 11.6. The molecule has 3 aromatic rings. The summed E-state index contributed by atoms with van der Waals surface area (Å²) in [6, 6.07) is 11.6. The van der Waals surface area contributed by atoms with Crippen LogP contribution < -0.4 is 10.5 Å². The molecule has 1 aromatic heterocycles. The van der Waals surface area contributed by atoms with E-state index in [1.165, 1.54) is 6.07 Å². The summed E-state index contributed by atoms with van der Waals surface area (Å²) < 4.78 is 23.6. The largest absolute Gasteiger partial charge is 0.322 e. The number of nitrogens with two attached hydrogens (primary N) is 1. The second kappa shape index (κ2) is 7.26. The van der Waals surface area contributed by atoms with Crippen LogP contribution >= 0.6 is 11.6 Å². The van der Waals surface area contributed by atoms with Crippen LogP contribution in [-0.4, -0.2) is 19.3 Å². The molecule has 140 valence electrons. The molecule has 0 saturated carbocycles. The summed E-state index contributed by atoms with van der Waals surface area (Å²) in [7, 11) is -3.89. The number of aryl methyl sites for hydroxylation is 2. The molecule has 2 aromatic carbocycles. The zero-order chi connectivity index (χ0) is 19.8. The van der Waals surface area contributed by atoms with Crippen molar-refractivity contribution in [3.8, 4) is 0 Å². The van der Waals surface area contributed by atoms with Crippen molar-refractivity contribution in [2.45, 2.75) is 25.2 Å². The van der Waals surface area contributed by atoms with Gasteiger partial charge in [0, 0.05) is 16.1 Å². The SMILES string of the molecule is CCc1ccc(NC(=O)c2cc3cc(Cl)ccc3nc2C)cc1S(N)(=O)=O. The first-order valence-electron chi connectivity index (χ1n) is 8.23. The number of fused-ring (bicyclic) bond motifs is 1. The third kappa shape index (κ3) is 4.10. The lowest BCUT2D eigenvalue weighted by molar-refractivity contribution is 0.102. The third-order valence-electron chi connectivity index (χ3n) is 4.22. The Balaban J connectivity index is 1.98. The number of nitrogens with one attached hydrogen (secondary N) is 1. The summed E-state index contributed by atoms with van der Waals surface area (Å²) in [5, 5.41) is 9.28. The van der Waals surface area contributed by atoms with E-state index in [0.29, 0.717) is 34.0 Å². The van der Waals surface area contributed by atoms with Gasteiger partial charge in [-0.1, -0.05) is 24.6 Å². The van der Waals surface area contributed by atoms with E-state index in [1.807, 2.05) is 6.92 Å². The van der Waals surface area contributed by atoms with E-state index < -0.39 is 15.9 Å². The quantitative estimate of drug-likeness (QED) is 0.693. The van der Waals surface area contributed by atoms with Gasteiger partial charge in [-0.05, 0) is 55.3 Å². The number of carbonyl (C=O) groups excluding carboxylic acids is 1. The fourth-order valence-corrected chi connectivity index (χ4v) is 3.91. The van der Waals surface area contributed by atoms with Crippen LogP contribution in [0.3, 0.4) is 0 Å². The minimum absolute atomic E-state index is 0.00272. The fourth-order valence-electron chi connectivity index (χ4n) is 2.86. The van der Waals surface area contributed by atoms with Crippen LogP contribution in [0.2, 0.25) is 5.02 Å². The topological polar surface area (TPSA) is 102 Å². The molecule has 0 atom stereocenters. The Hall–Kier alpha value is -2.48. The van der Waals surface area contributed by atoms with E-state index in [4.69, 9.17) is 16.7 Å². The lowest BCUT2D eigenvalue weighted by atomic mass is 10.1. The van der Waals surface area contributed by atoms with Crippen LogP contribution in [0, 0.1) is 6.92 Å². The molecule has 0 bridgehead atoms. The molecule has 0 saturated heterocycles. The Morgan fingerprint density at radius 1 is 1.19 bits per heavy atom. The molecule has 8 heteroatoms. The second-order valence-corrected chi connectivity index (χ2v) is 8.10. The molecular weight excluding hydrogens is 386 g/mol. The molecule has 0 aliphatic carbocycles. The van der Waals surface area contributed by atoms with Gasteiger partial charge in [0.1, 0.15) is 0 Å². The highest BCUT2D eigenvalue weighted by Crippen LogP contribution is 2.23. The molecule has 3 rings (SSSR count). The number of amides is 1. The van der Waals surface area contributed by atoms with Crippen molar-refractivity contribution in [2.75, 3.05) is 5.32 Å². The van der Waals surface area contributed by atoms with Crippen molar-refractivity contribution in [3.05, 3.63) is 64.3 Å². The number of hydrogen-bond acceptors (Lipinski definition) is 4. The standard InChI is InChI=1S/C19H18ClN3O3S/c1-3-12-4-6-15(10-18(12)27(21,25)26)23-19(24)16-9-13-8-14(20)5-7-17(13)22-11(16)2/h4-10H,3H2,1-2H3,(H,23,24)(H2,21,25,26). The van der Waals surface area contributed by atoms with E-state index in [0.717, 1.165) is 10.9 Å². The molecule has 27 heavy (non-hydrogen) atoms. The number of carbonyl (C=O) groups is 1. The lowest BCUT2D eigenvalue weighted by Gasteiger charge is -2.12. The lowest BCUT2D eigenvalue weighted by Crippen LogP contribution is -2.17. The highest BCUT2D eigenvalue weighted by Gasteiger charge is 2.16. The van der Waals surface area contributed by atoms with Gasteiger partial charge in [0.25, 0.3) is 5.91 Å². The average molecular weight is 404 g/mol. The second-order valence-electron chi connectivity index (χ2n) is 6.13. The van der Waals surface area contributed by atoms with Gasteiger partial charge in [-0.15, -0.1) is 0 Å². The first kappa shape index (κ1) is 19.3. The monoisotopic (exact) mass is 403 g/mol. The van der Waals surface area contributed by atoms with Gasteiger partial charge in [-0.3, -0.25) is 9.78 Å². The van der Waals surface area contributed by atoms with Crippen LogP contribution in [0.4, 0.5) is 5.69 Å². The number of aromatic nitrogens is 1. The van der Waals surface area contributed by atoms with Gasteiger partial charge < -0.3 is 5.32 Å². The van der Waals surface area contributed by atoms with E-state index in [-0.39, 0.29) is 4.90 Å². The zero-order valence-electron chi connectivity index (χ0n) is 14.8. The molecule has 6 nitrogen and oxygen atoms in total. The highest BCUT2D eigenvalue weighted by atomic mass is 35.5. The van der Waals surface area contributed by atoms with Gasteiger partial charge in [-0.25, -0.2) is 13.6 Å². The average Bonchev–Trinajstić information content (AvgIpc) is 2.60. The molecule has 1 heterocycles. The number of rotatable bonds is 4. The summed E-state index contributed by atoms with van der Waals surface area (Å²) in [5.74, 6) is -0.397. The fraction of sp³-hybridized carbons (Fsp3) is 0.158. The Bertz CT molecular complexity index is 1160. The predicted molar refractivity (Wildman–Crippen MR) is 107 cm³/mol. The van der Waals surface area contributed by atoms with E-state index in [1.54, 1.807) is 43.3 Å². The highest BCUT2D eigenvalue weighted by molar-refractivity contribution is 7.89. The van der Waals surface area contributed by atoms with Crippen LogP contribution in [0.15, 0.2) is 47.4 Å². The number of pyridine rings is 1. The molecule has 0 unspecified atom stereocenters. The summed E-state index contributed by atoms with van der Waals surface area (Å²) in [4.78, 5) is 17.1. The number of hydrogen-bond donors (Lipinski definition) is 2. The number of primary sulfonamides is 1. The molecule has 3 N–H and O–H groups in total. The van der Waals surface area contributed by atoms with Crippen molar-refractivity contribution >= 4 is 44.1 Å². The molecular formula is C19H18ClN3O3S. The molecule has 0 radical (unpaired) electrons. The smallest absolute Gasteiger partial charge is 0.257 e. The van der Waals surface area contributed by atoms with E-state index in [9.17, 15) is 13.2 Å². The van der Waals surface area contributed by atoms with Crippen LogP contribution in [0.25, 0.3) is 10.9 Å². The number of benzene rings is 2. The van der Waals surface area contributed by atoms with Crippen molar-refractivity contribution in [2.24, 2.45) is 5.14 Å². The van der Waals surface area contributed by atoms with Crippen molar-refractivity contribution < 1.29 is 13.2 Å². The number of anilines is 1. The van der Waals surface area contributed by atoms with Crippen molar-refractivity contribution in [3.63, 3.8) is 0 Å². The third-order valence-corrected chi connectivity index (χ3v) is 5.45. The molecule has 0 spiro atoms. The first-order chi connectivity index (χ1) is 12.7. The van der Waals surface area contributed by atoms with E-state index >= 15 is 0 Å². The van der Waals surface area contributed by atoms with E-state index in [2.05, 4.69) is 10.3 Å². The van der Waals surface area contributed by atoms with Gasteiger partial charge in [0.15, 0.2) is 0 Å². The first-order valence-corrected chi connectivity index (χ1v) is 10.2. The van der Waals surface area contributed by atoms with Crippen molar-refractivity contribution in [1.29, 1.82) is 0 Å². The Morgan fingerprint density at radius 3 is 2.59 bits per heavy atom. The predicted octanol–water partition coefficient (Wildman–Crippen LogP) is 3.66. The summed E-state index contributed by atoms with van der Waals surface area (Å²) in [6.45, 7) is 3.57. The van der Waals surface area contributed by atoms with Crippen molar-refractivity contribution in [1.82, 2.24) is 4.98 Å². The van der Waals surface area contributed by atoms with Gasteiger partial charge in [0.05, 0.1) is 21.7 Å². The van der Waals surface area contributed by atoms with Gasteiger partial charge in [0.2, 0.25) is 10.0 Å². The Morgan fingerprint density at radius 2 is 1.93 bits per heavy atom. The minimum atomic E-state index is -3.89. The summed E-state index contributed by atoms with van der Waals surface area (Å²) in [6.07, 6.45) is 0.508. The maximum absolute atomic E-state index is 12.7. The van der Waals surface area contributed by atoms with Crippen LogP contribution in [-0.2, 0) is 16.4 Å². The number of sulfonamides is 1. The minimum Gasteiger partial charge on any atom is -0.322 e. The molecule has 0 aliphatic heterocycles. The summed E-state index contributed by atoms with van der Waals surface area (Å²) >= 11 is 6.01.